The van der Waals surface area contributed by atoms with Crippen molar-refractivity contribution in [1.82, 2.24) is 4.57 Å². The maximum Gasteiger partial charge on any atom is 0.416 e. The van der Waals surface area contributed by atoms with Crippen molar-refractivity contribution in [3.63, 3.8) is 0 Å². The Morgan fingerprint density at radius 1 is 1.32 bits per heavy atom. The van der Waals surface area contributed by atoms with Gasteiger partial charge < -0.3 is 4.74 Å². The minimum atomic E-state index is -4.55. The van der Waals surface area contributed by atoms with Crippen LogP contribution in [0, 0.1) is 6.92 Å². The van der Waals surface area contributed by atoms with Gasteiger partial charge in [0.15, 0.2) is 0 Å². The van der Waals surface area contributed by atoms with Gasteiger partial charge in [-0.25, -0.2) is 4.79 Å². The molecule has 1 aromatic heterocycles. The summed E-state index contributed by atoms with van der Waals surface area (Å²) < 4.78 is 44.8. The lowest BCUT2D eigenvalue weighted by molar-refractivity contribution is -0.137. The summed E-state index contributed by atoms with van der Waals surface area (Å²) in [6.07, 6.45) is -3.13. The van der Waals surface area contributed by atoms with Crippen molar-refractivity contribution in [2.24, 2.45) is 0 Å². The zero-order valence-electron chi connectivity index (χ0n) is 13.7. The first-order valence-electron chi connectivity index (χ1n) is 7.44. The number of hydrogen-bond acceptors (Lipinski definition) is 3. The van der Waals surface area contributed by atoms with Gasteiger partial charge in [0.25, 0.3) is 5.56 Å². The molecule has 0 unspecified atom stereocenters. The minimum Gasteiger partial charge on any atom is -0.462 e. The van der Waals surface area contributed by atoms with Crippen molar-refractivity contribution in [2.45, 2.75) is 20.0 Å². The third-order valence-electron chi connectivity index (χ3n) is 3.63. The third-order valence-corrected chi connectivity index (χ3v) is 3.63. The summed E-state index contributed by atoms with van der Waals surface area (Å²) in [5.41, 5.74) is -1.09. The first-order chi connectivity index (χ1) is 11.7. The molecule has 0 bridgehead atoms. The number of alkyl halides is 3. The number of aromatic nitrogens is 1. The van der Waals surface area contributed by atoms with E-state index in [4.69, 9.17) is 4.74 Å². The van der Waals surface area contributed by atoms with Gasteiger partial charge >= 0.3 is 12.1 Å². The van der Waals surface area contributed by atoms with E-state index in [1.165, 1.54) is 24.3 Å². The topological polar surface area (TPSA) is 48.3 Å². The highest BCUT2D eigenvalue weighted by atomic mass is 19.4. The number of ether oxygens (including phenoxy) is 1. The molecule has 0 fully saturated rings. The number of hydrogen-bond donors (Lipinski definition) is 0. The molecule has 0 N–H and O–H groups in total. The highest BCUT2D eigenvalue weighted by Gasteiger charge is 2.31. The molecule has 25 heavy (non-hydrogen) atoms. The van der Waals surface area contributed by atoms with Crippen LogP contribution in [0.1, 0.15) is 34.1 Å². The van der Waals surface area contributed by atoms with Gasteiger partial charge in [-0.15, -0.1) is 0 Å². The van der Waals surface area contributed by atoms with Gasteiger partial charge in [0.05, 0.1) is 12.2 Å². The van der Waals surface area contributed by atoms with Crippen LogP contribution >= 0.6 is 0 Å². The predicted molar refractivity (Wildman–Crippen MR) is 87.8 cm³/mol. The van der Waals surface area contributed by atoms with E-state index in [-0.39, 0.29) is 17.9 Å². The van der Waals surface area contributed by atoms with Crippen LogP contribution in [0.25, 0.3) is 11.8 Å². The van der Waals surface area contributed by atoms with Crippen molar-refractivity contribution in [3.05, 3.63) is 69.6 Å². The zero-order valence-corrected chi connectivity index (χ0v) is 13.7. The zero-order chi connectivity index (χ0) is 18.8. The van der Waals surface area contributed by atoms with Crippen LogP contribution in [0.5, 0.6) is 0 Å². The number of benzene rings is 1. The van der Waals surface area contributed by atoms with Crippen molar-refractivity contribution in [3.8, 4) is 5.69 Å². The van der Waals surface area contributed by atoms with E-state index in [0.29, 0.717) is 11.3 Å². The van der Waals surface area contributed by atoms with Crippen molar-refractivity contribution in [1.29, 1.82) is 0 Å². The molecule has 2 rings (SSSR count). The monoisotopic (exact) mass is 351 g/mol. The summed E-state index contributed by atoms with van der Waals surface area (Å²) in [7, 11) is 0. The summed E-state index contributed by atoms with van der Waals surface area (Å²) in [6.45, 7) is 6.83. The summed E-state index contributed by atoms with van der Waals surface area (Å²) in [6, 6.07) is 5.66. The molecule has 0 saturated carbocycles. The number of rotatable bonds is 4. The largest absolute Gasteiger partial charge is 0.462 e. The molecule has 1 heterocycles. The van der Waals surface area contributed by atoms with Crippen LogP contribution in [-0.4, -0.2) is 17.1 Å². The van der Waals surface area contributed by atoms with E-state index >= 15 is 0 Å². The Hall–Kier alpha value is -2.83. The number of esters is 1. The molecule has 4 nitrogen and oxygen atoms in total. The van der Waals surface area contributed by atoms with Crippen molar-refractivity contribution >= 4 is 12.0 Å². The SMILES string of the molecule is C=Cc1cc(C(=O)OCC)c(=O)n(-c2cccc(C(F)(F)F)c2)c1C. The average Bonchev–Trinajstić information content (AvgIpc) is 2.55. The van der Waals surface area contributed by atoms with Crippen LogP contribution in [-0.2, 0) is 10.9 Å². The smallest absolute Gasteiger partial charge is 0.416 e. The molecule has 0 aliphatic rings. The second kappa shape index (κ2) is 6.96. The van der Waals surface area contributed by atoms with E-state index in [1.54, 1.807) is 13.8 Å². The normalized spacial score (nSPS) is 11.2. The Bertz CT molecular complexity index is 882. The molecule has 0 spiro atoms. The van der Waals surface area contributed by atoms with E-state index in [0.717, 1.165) is 16.7 Å². The van der Waals surface area contributed by atoms with Gasteiger partial charge in [-0.05, 0) is 43.7 Å². The third kappa shape index (κ3) is 3.65. The van der Waals surface area contributed by atoms with Crippen molar-refractivity contribution < 1.29 is 22.7 Å². The van der Waals surface area contributed by atoms with Crippen LogP contribution in [0.15, 0.2) is 41.7 Å². The lowest BCUT2D eigenvalue weighted by Crippen LogP contribution is -2.28. The summed E-state index contributed by atoms with van der Waals surface area (Å²) in [5, 5.41) is 0. The number of pyridine rings is 1. The fourth-order valence-electron chi connectivity index (χ4n) is 2.42. The van der Waals surface area contributed by atoms with Gasteiger partial charge in [0.2, 0.25) is 0 Å². The summed E-state index contributed by atoms with van der Waals surface area (Å²) in [5.74, 6) is -0.837. The van der Waals surface area contributed by atoms with Gasteiger partial charge in [-0.1, -0.05) is 18.7 Å². The first-order valence-corrected chi connectivity index (χ1v) is 7.44. The highest BCUT2D eigenvalue weighted by Crippen LogP contribution is 2.30. The fraction of sp³-hybridized carbons (Fsp3) is 0.222. The standard InChI is InChI=1S/C18H16F3NO3/c1-4-12-9-15(17(24)25-5-2)16(23)22(11(12)3)14-8-6-7-13(10-14)18(19,20)21/h4,6-10H,1,5H2,2-3H3. The fourth-order valence-corrected chi connectivity index (χ4v) is 2.42. The highest BCUT2D eigenvalue weighted by molar-refractivity contribution is 5.90. The molecule has 1 aromatic carbocycles. The van der Waals surface area contributed by atoms with Crippen LogP contribution in [0.4, 0.5) is 13.2 Å². The molecule has 0 radical (unpaired) electrons. The Morgan fingerprint density at radius 2 is 2.00 bits per heavy atom. The van der Waals surface area contributed by atoms with E-state index in [1.807, 2.05) is 0 Å². The van der Waals surface area contributed by atoms with Gasteiger partial charge in [0.1, 0.15) is 5.56 Å². The molecule has 0 atom stereocenters. The number of carbonyl (C=O) groups excluding carboxylic acids is 1. The lowest BCUT2D eigenvalue weighted by Gasteiger charge is -2.16. The predicted octanol–water partition coefficient (Wildman–Crippen LogP) is 3.98. The summed E-state index contributed by atoms with van der Waals surface area (Å²) in [4.78, 5) is 24.7. The first kappa shape index (κ1) is 18.5. The van der Waals surface area contributed by atoms with Gasteiger partial charge in [-0.2, -0.15) is 13.2 Å². The van der Waals surface area contributed by atoms with Gasteiger partial charge in [-0.3, -0.25) is 9.36 Å². The minimum absolute atomic E-state index is 0.00609. The number of carbonyl (C=O) groups is 1. The molecule has 0 saturated heterocycles. The maximum absolute atomic E-state index is 13.0. The second-order valence-electron chi connectivity index (χ2n) is 5.21. The van der Waals surface area contributed by atoms with Crippen LogP contribution in [0.2, 0.25) is 0 Å². The Kier molecular flexibility index (Phi) is 5.15. The molecule has 132 valence electrons. The quantitative estimate of drug-likeness (QED) is 0.783. The molecular formula is C18H16F3NO3. The molecule has 0 aliphatic carbocycles. The van der Waals surface area contributed by atoms with Gasteiger partial charge in [0, 0.05) is 11.4 Å². The molecule has 2 aromatic rings. The Balaban J connectivity index is 2.77. The molecule has 7 heteroatoms. The van der Waals surface area contributed by atoms with E-state index in [2.05, 4.69) is 6.58 Å². The van der Waals surface area contributed by atoms with Crippen LogP contribution in [0.3, 0.4) is 0 Å². The number of nitrogens with zero attached hydrogens (tertiary/aromatic N) is 1. The van der Waals surface area contributed by atoms with Crippen LogP contribution < -0.4 is 5.56 Å². The molecular weight excluding hydrogens is 335 g/mol. The second-order valence-corrected chi connectivity index (χ2v) is 5.21. The Morgan fingerprint density at radius 3 is 2.56 bits per heavy atom. The molecule has 0 amide bonds. The lowest BCUT2D eigenvalue weighted by atomic mass is 10.1. The van der Waals surface area contributed by atoms with E-state index in [9.17, 15) is 22.8 Å². The number of halogens is 3. The summed E-state index contributed by atoms with van der Waals surface area (Å²) >= 11 is 0. The average molecular weight is 351 g/mol. The Labute approximate surface area is 142 Å². The van der Waals surface area contributed by atoms with Crippen molar-refractivity contribution in [2.75, 3.05) is 6.61 Å². The molecule has 0 aliphatic heterocycles. The maximum atomic E-state index is 13.0. The van der Waals surface area contributed by atoms with E-state index < -0.39 is 23.3 Å².